The van der Waals surface area contributed by atoms with E-state index in [4.69, 9.17) is 0 Å². The third-order valence-corrected chi connectivity index (χ3v) is 4.16. The Hall–Kier alpha value is -3.80. The van der Waals surface area contributed by atoms with Crippen LogP contribution in [-0.4, -0.2) is 21.9 Å². The summed E-state index contributed by atoms with van der Waals surface area (Å²) in [6, 6.07) is 19.6. The molecule has 0 fully saturated rings. The van der Waals surface area contributed by atoms with Gasteiger partial charge in [-0.25, -0.2) is 4.39 Å². The quantitative estimate of drug-likeness (QED) is 0.424. The van der Waals surface area contributed by atoms with Crippen molar-refractivity contribution in [3.05, 3.63) is 84.2 Å². The third-order valence-electron chi connectivity index (χ3n) is 4.16. The molecule has 0 atom stereocenters. The fourth-order valence-electron chi connectivity index (χ4n) is 2.86. The van der Waals surface area contributed by atoms with E-state index in [0.29, 0.717) is 27.9 Å². The zero-order valence-electron chi connectivity index (χ0n) is 14.1. The van der Waals surface area contributed by atoms with Crippen molar-refractivity contribution in [2.24, 2.45) is 0 Å². The summed E-state index contributed by atoms with van der Waals surface area (Å²) in [4.78, 5) is 24.5. The first-order chi connectivity index (χ1) is 13.1. The van der Waals surface area contributed by atoms with Crippen molar-refractivity contribution in [2.45, 2.75) is 0 Å². The number of aromatic amines is 1. The highest BCUT2D eigenvalue weighted by Crippen LogP contribution is 2.28. The molecule has 0 bridgehead atoms. The number of ketones is 1. The summed E-state index contributed by atoms with van der Waals surface area (Å²) >= 11 is 0. The third kappa shape index (κ3) is 3.32. The van der Waals surface area contributed by atoms with Gasteiger partial charge in [0.05, 0.1) is 5.52 Å². The molecule has 0 spiro atoms. The largest absolute Gasteiger partial charge is 0.319 e. The summed E-state index contributed by atoms with van der Waals surface area (Å²) in [5.41, 5.74) is 2.69. The molecule has 3 aromatic carbocycles. The summed E-state index contributed by atoms with van der Waals surface area (Å²) in [6.07, 6.45) is 0. The van der Waals surface area contributed by atoms with Crippen molar-refractivity contribution in [2.75, 3.05) is 5.32 Å². The van der Waals surface area contributed by atoms with Gasteiger partial charge in [-0.15, -0.1) is 0 Å². The second kappa shape index (κ2) is 6.84. The number of H-pyrrole nitrogens is 1. The number of hydrogen-bond donors (Lipinski definition) is 2. The number of carbonyl (C=O) groups excluding carboxylic acids is 2. The number of aromatic nitrogens is 2. The van der Waals surface area contributed by atoms with Crippen LogP contribution in [0.1, 0.15) is 10.4 Å². The Balaban J connectivity index is 1.64. The van der Waals surface area contributed by atoms with Crippen LogP contribution in [0.2, 0.25) is 0 Å². The maximum Gasteiger partial charge on any atom is 0.296 e. The number of carbonyl (C=O) groups is 2. The van der Waals surface area contributed by atoms with Crippen LogP contribution in [-0.2, 0) is 4.79 Å². The van der Waals surface area contributed by atoms with Crippen LogP contribution >= 0.6 is 0 Å². The molecule has 5 nitrogen and oxygen atoms in total. The second-order valence-electron chi connectivity index (χ2n) is 5.99. The Labute approximate surface area is 153 Å². The molecular formula is C21H14FN3O2. The first-order valence-corrected chi connectivity index (χ1v) is 8.26. The fraction of sp³-hybridized carbons (Fsp3) is 0. The summed E-state index contributed by atoms with van der Waals surface area (Å²) < 4.78 is 13.5. The number of fused-ring (bicyclic) bond motifs is 1. The Morgan fingerprint density at radius 1 is 0.926 bits per heavy atom. The average Bonchev–Trinajstić information content (AvgIpc) is 3.11. The predicted octanol–water partition coefficient (Wildman–Crippen LogP) is 4.19. The van der Waals surface area contributed by atoms with Gasteiger partial charge in [0, 0.05) is 22.2 Å². The van der Waals surface area contributed by atoms with Crippen LogP contribution in [0.25, 0.3) is 22.2 Å². The molecule has 1 aromatic heterocycles. The SMILES string of the molecule is O=C(Nc1ccc2[nH]nc(-c3cccc(F)c3)c2c1)C(=O)c1ccccc1. The van der Waals surface area contributed by atoms with E-state index >= 15 is 0 Å². The van der Waals surface area contributed by atoms with E-state index in [2.05, 4.69) is 15.5 Å². The van der Waals surface area contributed by atoms with E-state index in [1.807, 2.05) is 0 Å². The van der Waals surface area contributed by atoms with Gasteiger partial charge in [0.2, 0.25) is 0 Å². The van der Waals surface area contributed by atoms with Crippen molar-refractivity contribution in [1.82, 2.24) is 10.2 Å². The van der Waals surface area contributed by atoms with E-state index in [9.17, 15) is 14.0 Å². The molecule has 0 radical (unpaired) electrons. The molecular weight excluding hydrogens is 345 g/mol. The van der Waals surface area contributed by atoms with E-state index in [-0.39, 0.29) is 5.82 Å². The molecule has 4 rings (SSSR count). The molecule has 0 aliphatic heterocycles. The molecule has 0 aliphatic carbocycles. The van der Waals surface area contributed by atoms with Gasteiger partial charge in [-0.3, -0.25) is 14.7 Å². The summed E-state index contributed by atoms with van der Waals surface area (Å²) in [5, 5.41) is 10.4. The summed E-state index contributed by atoms with van der Waals surface area (Å²) in [7, 11) is 0. The average molecular weight is 359 g/mol. The van der Waals surface area contributed by atoms with Gasteiger partial charge < -0.3 is 5.32 Å². The summed E-state index contributed by atoms with van der Waals surface area (Å²) in [6.45, 7) is 0. The molecule has 1 amide bonds. The van der Waals surface area contributed by atoms with Crippen LogP contribution in [0.5, 0.6) is 0 Å². The second-order valence-corrected chi connectivity index (χ2v) is 5.99. The number of halogens is 1. The van der Waals surface area contributed by atoms with Crippen LogP contribution in [0, 0.1) is 5.82 Å². The van der Waals surface area contributed by atoms with Gasteiger partial charge in [0.25, 0.3) is 11.7 Å². The van der Waals surface area contributed by atoms with Gasteiger partial charge in [-0.05, 0) is 30.3 Å². The van der Waals surface area contributed by atoms with Gasteiger partial charge in [-0.2, -0.15) is 5.10 Å². The van der Waals surface area contributed by atoms with E-state index < -0.39 is 11.7 Å². The van der Waals surface area contributed by atoms with Crippen molar-refractivity contribution < 1.29 is 14.0 Å². The molecule has 4 aromatic rings. The maximum atomic E-state index is 13.5. The monoisotopic (exact) mass is 359 g/mol. The Morgan fingerprint density at radius 2 is 1.74 bits per heavy atom. The van der Waals surface area contributed by atoms with Gasteiger partial charge in [-0.1, -0.05) is 42.5 Å². The minimum absolute atomic E-state index is 0.319. The smallest absolute Gasteiger partial charge is 0.296 e. The zero-order valence-corrected chi connectivity index (χ0v) is 14.1. The first-order valence-electron chi connectivity index (χ1n) is 8.26. The lowest BCUT2D eigenvalue weighted by Gasteiger charge is -2.05. The maximum absolute atomic E-state index is 13.5. The highest BCUT2D eigenvalue weighted by Gasteiger charge is 2.17. The number of nitrogens with one attached hydrogen (secondary N) is 2. The predicted molar refractivity (Wildman–Crippen MR) is 101 cm³/mol. The fourth-order valence-corrected chi connectivity index (χ4v) is 2.86. The Morgan fingerprint density at radius 3 is 2.52 bits per heavy atom. The molecule has 0 aliphatic rings. The molecule has 1 heterocycles. The number of amides is 1. The highest BCUT2D eigenvalue weighted by molar-refractivity contribution is 6.46. The number of rotatable bonds is 4. The molecule has 132 valence electrons. The van der Waals surface area contributed by atoms with E-state index in [1.165, 1.54) is 12.1 Å². The number of Topliss-reactive ketones (excluding diaryl/α,β-unsaturated/α-hetero) is 1. The van der Waals surface area contributed by atoms with Crippen LogP contribution in [0.3, 0.4) is 0 Å². The lowest BCUT2D eigenvalue weighted by molar-refractivity contribution is -0.112. The van der Waals surface area contributed by atoms with Crippen molar-refractivity contribution in [3.63, 3.8) is 0 Å². The molecule has 2 N–H and O–H groups in total. The lowest BCUT2D eigenvalue weighted by Crippen LogP contribution is -2.22. The standard InChI is InChI=1S/C21H14FN3O2/c22-15-8-4-7-14(11-15)19-17-12-16(9-10-18(17)24-25-19)23-21(27)20(26)13-5-2-1-3-6-13/h1-12H,(H,23,27)(H,24,25). The Kier molecular flexibility index (Phi) is 4.22. The minimum Gasteiger partial charge on any atom is -0.319 e. The van der Waals surface area contributed by atoms with E-state index in [1.54, 1.807) is 60.7 Å². The van der Waals surface area contributed by atoms with Crippen LogP contribution < -0.4 is 5.32 Å². The Bertz CT molecular complexity index is 1150. The molecule has 6 heteroatoms. The van der Waals surface area contributed by atoms with Gasteiger partial charge in [0.1, 0.15) is 11.5 Å². The van der Waals surface area contributed by atoms with Crippen LogP contribution in [0.15, 0.2) is 72.8 Å². The topological polar surface area (TPSA) is 74.8 Å². The molecule has 0 unspecified atom stereocenters. The number of benzene rings is 3. The van der Waals surface area contributed by atoms with Gasteiger partial charge in [0.15, 0.2) is 0 Å². The first kappa shape index (κ1) is 16.7. The van der Waals surface area contributed by atoms with Crippen LogP contribution in [0.4, 0.5) is 10.1 Å². The van der Waals surface area contributed by atoms with Crippen molar-refractivity contribution in [3.8, 4) is 11.3 Å². The highest BCUT2D eigenvalue weighted by atomic mass is 19.1. The van der Waals surface area contributed by atoms with Crippen molar-refractivity contribution in [1.29, 1.82) is 0 Å². The molecule has 27 heavy (non-hydrogen) atoms. The van der Waals surface area contributed by atoms with E-state index in [0.717, 1.165) is 5.52 Å². The number of hydrogen-bond acceptors (Lipinski definition) is 3. The summed E-state index contributed by atoms with van der Waals surface area (Å²) in [5.74, 6) is -1.70. The lowest BCUT2D eigenvalue weighted by atomic mass is 10.1. The molecule has 0 saturated heterocycles. The normalized spacial score (nSPS) is 10.7. The molecule has 0 saturated carbocycles. The number of anilines is 1. The van der Waals surface area contributed by atoms with Crippen molar-refractivity contribution >= 4 is 28.3 Å². The number of nitrogens with zero attached hydrogens (tertiary/aromatic N) is 1. The van der Waals surface area contributed by atoms with Gasteiger partial charge >= 0.3 is 0 Å². The zero-order chi connectivity index (χ0) is 18.8. The minimum atomic E-state index is -0.726.